The number of hydrogen-bond acceptors (Lipinski definition) is 5. The topological polar surface area (TPSA) is 96.8 Å². The van der Waals surface area contributed by atoms with Crippen molar-refractivity contribution in [3.8, 4) is 5.82 Å². The molecular weight excluding hydrogens is 318 g/mol. The summed E-state index contributed by atoms with van der Waals surface area (Å²) in [5.74, 6) is 1.28. The van der Waals surface area contributed by atoms with Gasteiger partial charge in [0.25, 0.3) is 0 Å². The molecule has 1 aromatic carbocycles. The number of rotatable bonds is 6. The van der Waals surface area contributed by atoms with Gasteiger partial charge in [-0.25, -0.2) is 9.48 Å². The minimum atomic E-state index is -0.243. The zero-order valence-corrected chi connectivity index (χ0v) is 13.8. The Balaban J connectivity index is 1.40. The minimum Gasteiger partial charge on any atom is -0.367 e. The van der Waals surface area contributed by atoms with E-state index in [0.717, 1.165) is 11.3 Å². The number of carbonyl (C=O) groups excluding carboxylic acids is 1. The summed E-state index contributed by atoms with van der Waals surface area (Å²) >= 11 is 0. The molecule has 2 amide bonds. The normalized spacial score (nSPS) is 10.3. The van der Waals surface area contributed by atoms with Crippen molar-refractivity contribution in [2.45, 2.75) is 6.92 Å². The molecule has 3 N–H and O–H groups in total. The highest BCUT2D eigenvalue weighted by molar-refractivity contribution is 5.89. The van der Waals surface area contributed by atoms with E-state index in [-0.39, 0.29) is 6.03 Å². The van der Waals surface area contributed by atoms with Crippen LogP contribution in [0.15, 0.2) is 54.9 Å². The summed E-state index contributed by atoms with van der Waals surface area (Å²) in [6, 6.07) is 12.9. The standard InChI is InChI=1S/C17H19N7O/c1-13-4-2-5-14(12-13)21-17(25)19-10-9-18-15-6-7-16(23-22-15)24-11-3-8-20-24/h2-8,11-12H,9-10H2,1H3,(H,18,22)(H2,19,21,25). The smallest absolute Gasteiger partial charge is 0.319 e. The van der Waals surface area contributed by atoms with Gasteiger partial charge in [-0.15, -0.1) is 10.2 Å². The molecule has 0 aliphatic carbocycles. The van der Waals surface area contributed by atoms with Crippen molar-refractivity contribution in [2.24, 2.45) is 0 Å². The Bertz CT molecular complexity index is 815. The molecule has 0 spiro atoms. The summed E-state index contributed by atoms with van der Waals surface area (Å²) in [5, 5.41) is 20.9. The van der Waals surface area contributed by atoms with Gasteiger partial charge < -0.3 is 16.0 Å². The lowest BCUT2D eigenvalue weighted by Crippen LogP contribution is -2.32. The van der Waals surface area contributed by atoms with E-state index in [2.05, 4.69) is 31.2 Å². The molecule has 0 fully saturated rings. The lowest BCUT2D eigenvalue weighted by atomic mass is 10.2. The van der Waals surface area contributed by atoms with Gasteiger partial charge >= 0.3 is 6.03 Å². The van der Waals surface area contributed by atoms with E-state index in [1.807, 2.05) is 49.4 Å². The van der Waals surface area contributed by atoms with Crippen molar-refractivity contribution in [3.63, 3.8) is 0 Å². The summed E-state index contributed by atoms with van der Waals surface area (Å²) in [7, 11) is 0. The molecular formula is C17H19N7O. The fourth-order valence-electron chi connectivity index (χ4n) is 2.21. The number of aromatic nitrogens is 4. The van der Waals surface area contributed by atoms with Crippen molar-refractivity contribution >= 4 is 17.5 Å². The van der Waals surface area contributed by atoms with Crippen molar-refractivity contribution in [3.05, 3.63) is 60.4 Å². The van der Waals surface area contributed by atoms with Gasteiger partial charge in [-0.1, -0.05) is 12.1 Å². The Morgan fingerprint density at radius 2 is 2.04 bits per heavy atom. The molecule has 0 saturated carbocycles. The third-order valence-electron chi connectivity index (χ3n) is 3.38. The molecule has 8 heteroatoms. The number of nitrogens with one attached hydrogen (secondary N) is 3. The minimum absolute atomic E-state index is 0.243. The first kappa shape index (κ1) is 16.4. The van der Waals surface area contributed by atoms with Gasteiger partial charge in [-0.05, 0) is 42.8 Å². The van der Waals surface area contributed by atoms with E-state index < -0.39 is 0 Å². The first-order valence-electron chi connectivity index (χ1n) is 7.90. The highest BCUT2D eigenvalue weighted by atomic mass is 16.2. The summed E-state index contributed by atoms with van der Waals surface area (Å²) in [4.78, 5) is 11.8. The molecule has 0 atom stereocenters. The molecule has 2 aromatic heterocycles. The Hall–Kier alpha value is -3.42. The van der Waals surface area contributed by atoms with Crippen LogP contribution in [0.4, 0.5) is 16.3 Å². The number of amides is 2. The van der Waals surface area contributed by atoms with E-state index in [4.69, 9.17) is 0 Å². The molecule has 0 aliphatic rings. The number of anilines is 2. The molecule has 0 aliphatic heterocycles. The Labute approximate surface area is 145 Å². The number of urea groups is 1. The maximum absolute atomic E-state index is 11.8. The third kappa shape index (κ3) is 4.77. The number of benzene rings is 1. The van der Waals surface area contributed by atoms with E-state index >= 15 is 0 Å². The van der Waals surface area contributed by atoms with E-state index in [9.17, 15) is 4.79 Å². The van der Waals surface area contributed by atoms with Gasteiger partial charge in [0.05, 0.1) is 0 Å². The van der Waals surface area contributed by atoms with Gasteiger partial charge in [-0.3, -0.25) is 0 Å². The van der Waals surface area contributed by atoms with Crippen molar-refractivity contribution in [1.29, 1.82) is 0 Å². The van der Waals surface area contributed by atoms with Crippen molar-refractivity contribution < 1.29 is 4.79 Å². The predicted molar refractivity (Wildman–Crippen MR) is 95.8 cm³/mol. The summed E-state index contributed by atoms with van der Waals surface area (Å²) in [6.45, 7) is 2.98. The Kier molecular flexibility index (Phi) is 5.20. The van der Waals surface area contributed by atoms with Crippen LogP contribution in [0.2, 0.25) is 0 Å². The monoisotopic (exact) mass is 337 g/mol. The van der Waals surface area contributed by atoms with Crippen LogP contribution >= 0.6 is 0 Å². The zero-order chi connectivity index (χ0) is 17.5. The third-order valence-corrected chi connectivity index (χ3v) is 3.38. The molecule has 0 unspecified atom stereocenters. The second kappa shape index (κ2) is 7.91. The highest BCUT2D eigenvalue weighted by Gasteiger charge is 2.02. The van der Waals surface area contributed by atoms with Crippen LogP contribution in [0.3, 0.4) is 0 Å². The highest BCUT2D eigenvalue weighted by Crippen LogP contribution is 2.09. The van der Waals surface area contributed by atoms with Crippen LogP contribution in [0, 0.1) is 6.92 Å². The van der Waals surface area contributed by atoms with Crippen LogP contribution in [-0.4, -0.2) is 39.1 Å². The quantitative estimate of drug-likeness (QED) is 0.599. The largest absolute Gasteiger partial charge is 0.367 e. The summed E-state index contributed by atoms with van der Waals surface area (Å²) in [5.41, 5.74) is 1.86. The fourth-order valence-corrected chi connectivity index (χ4v) is 2.21. The average molecular weight is 337 g/mol. The molecule has 0 saturated heterocycles. The van der Waals surface area contributed by atoms with Gasteiger partial charge in [0.1, 0.15) is 5.82 Å². The molecule has 0 radical (unpaired) electrons. The molecule has 128 valence electrons. The SMILES string of the molecule is Cc1cccc(NC(=O)NCCNc2ccc(-n3cccn3)nn2)c1. The maximum atomic E-state index is 11.8. The van der Waals surface area contributed by atoms with Gasteiger partial charge in [0, 0.05) is 31.2 Å². The molecule has 25 heavy (non-hydrogen) atoms. The Morgan fingerprint density at radius 1 is 1.12 bits per heavy atom. The van der Waals surface area contributed by atoms with Crippen LogP contribution < -0.4 is 16.0 Å². The molecule has 3 rings (SSSR count). The number of aryl methyl sites for hydroxylation is 1. The fraction of sp³-hybridized carbons (Fsp3) is 0.176. The van der Waals surface area contributed by atoms with Gasteiger partial charge in [0.15, 0.2) is 5.82 Å². The average Bonchev–Trinajstić information content (AvgIpc) is 3.14. The Morgan fingerprint density at radius 3 is 2.76 bits per heavy atom. The lowest BCUT2D eigenvalue weighted by molar-refractivity contribution is 0.252. The first-order chi connectivity index (χ1) is 12.2. The van der Waals surface area contributed by atoms with Crippen LogP contribution in [-0.2, 0) is 0 Å². The van der Waals surface area contributed by atoms with Gasteiger partial charge in [-0.2, -0.15) is 5.10 Å². The van der Waals surface area contributed by atoms with E-state index in [1.165, 1.54) is 0 Å². The van der Waals surface area contributed by atoms with E-state index in [0.29, 0.717) is 24.7 Å². The van der Waals surface area contributed by atoms with Crippen LogP contribution in [0.25, 0.3) is 5.82 Å². The van der Waals surface area contributed by atoms with Crippen LogP contribution in [0.5, 0.6) is 0 Å². The summed E-state index contributed by atoms with van der Waals surface area (Å²) in [6.07, 6.45) is 3.48. The number of nitrogens with zero attached hydrogens (tertiary/aromatic N) is 4. The second-order valence-corrected chi connectivity index (χ2v) is 5.40. The number of hydrogen-bond donors (Lipinski definition) is 3. The zero-order valence-electron chi connectivity index (χ0n) is 13.8. The molecule has 2 heterocycles. The van der Waals surface area contributed by atoms with Gasteiger partial charge in [0.2, 0.25) is 0 Å². The second-order valence-electron chi connectivity index (χ2n) is 5.40. The first-order valence-corrected chi connectivity index (χ1v) is 7.90. The lowest BCUT2D eigenvalue weighted by Gasteiger charge is -2.09. The summed E-state index contributed by atoms with van der Waals surface area (Å²) < 4.78 is 1.63. The van der Waals surface area contributed by atoms with Crippen LogP contribution in [0.1, 0.15) is 5.56 Å². The number of carbonyl (C=O) groups is 1. The van der Waals surface area contributed by atoms with E-state index in [1.54, 1.807) is 17.1 Å². The maximum Gasteiger partial charge on any atom is 0.319 e. The molecule has 0 bridgehead atoms. The van der Waals surface area contributed by atoms with Crippen molar-refractivity contribution in [2.75, 3.05) is 23.7 Å². The molecule has 3 aromatic rings. The molecule has 8 nitrogen and oxygen atoms in total. The predicted octanol–water partition coefficient (Wildman–Crippen LogP) is 2.20. The van der Waals surface area contributed by atoms with Crippen molar-refractivity contribution in [1.82, 2.24) is 25.3 Å².